The molecule has 10 aromatic heterocycles. The highest BCUT2D eigenvalue weighted by atomic mass is 32.2. The van der Waals surface area contributed by atoms with E-state index < -0.39 is 0 Å². The lowest BCUT2D eigenvalue weighted by molar-refractivity contribution is 0.487. The third kappa shape index (κ3) is 14.0. The van der Waals surface area contributed by atoms with Gasteiger partial charge in [-0.2, -0.15) is 9.97 Å². The van der Waals surface area contributed by atoms with Crippen LogP contribution in [0.3, 0.4) is 0 Å². The van der Waals surface area contributed by atoms with Gasteiger partial charge in [0, 0.05) is 175 Å². The summed E-state index contributed by atoms with van der Waals surface area (Å²) in [5.41, 5.74) is 32.3. The van der Waals surface area contributed by atoms with Crippen molar-refractivity contribution in [3.8, 4) is 175 Å². The highest BCUT2D eigenvalue weighted by Crippen LogP contribution is 2.57. The molecule has 3 aliphatic heterocycles. The van der Waals surface area contributed by atoms with Crippen molar-refractivity contribution < 1.29 is 4.74 Å². The monoisotopic (exact) mass is 1710 g/mol. The molecule has 0 N–H and O–H groups in total. The van der Waals surface area contributed by atoms with Gasteiger partial charge < -0.3 is 14.2 Å². The van der Waals surface area contributed by atoms with Crippen molar-refractivity contribution in [1.29, 1.82) is 0 Å². The van der Waals surface area contributed by atoms with E-state index >= 15 is 0 Å². The van der Waals surface area contributed by atoms with Gasteiger partial charge in [-0.1, -0.05) is 285 Å². The molecular weight excluding hydrogens is 1640 g/mol. The maximum absolute atomic E-state index is 6.54. The molecule has 0 amide bonds. The predicted molar refractivity (Wildman–Crippen MR) is 531 cm³/mol. The molecule has 0 spiro atoms. The topological polar surface area (TPSA) is 156 Å². The molecule has 0 atom stereocenters. The molecule has 0 radical (unpaired) electrons. The van der Waals surface area contributed by atoms with Crippen molar-refractivity contribution in [2.75, 3.05) is 4.90 Å². The van der Waals surface area contributed by atoms with Crippen LogP contribution in [0.5, 0.6) is 11.5 Å². The van der Waals surface area contributed by atoms with Gasteiger partial charge in [-0.25, -0.2) is 19.9 Å². The summed E-state index contributed by atoms with van der Waals surface area (Å²) < 4.78 is 13.4. The van der Waals surface area contributed by atoms with Crippen LogP contribution in [0.4, 0.5) is 17.1 Å². The Labute approximate surface area is 764 Å². The first kappa shape index (κ1) is 77.8. The first-order chi connectivity index (χ1) is 65.5. The lowest BCUT2D eigenvalue weighted by Crippen LogP contribution is -2.11. The van der Waals surface area contributed by atoms with E-state index in [0.717, 1.165) is 196 Å². The normalized spacial score (nSPS) is 11.8. The predicted octanol–water partition coefficient (Wildman–Crippen LogP) is 28.9. The molecule has 0 fully saturated rings. The third-order valence-corrected chi connectivity index (χ3v) is 25.5. The Hall–Kier alpha value is -17.7. The lowest BCUT2D eigenvalue weighted by atomic mass is 9.99. The average Bonchev–Trinajstić information content (AvgIpc) is 1.56. The molecule has 13 aromatic carbocycles. The summed E-state index contributed by atoms with van der Waals surface area (Å²) >= 11 is 1.77. The van der Waals surface area contributed by atoms with Gasteiger partial charge in [-0.05, 0) is 133 Å². The minimum Gasteiger partial charge on any atom is -0.456 e. The van der Waals surface area contributed by atoms with Gasteiger partial charge in [0.1, 0.15) is 17.1 Å². The third-order valence-electron chi connectivity index (χ3n) is 24.4. The highest BCUT2D eigenvalue weighted by Gasteiger charge is 2.35. The van der Waals surface area contributed by atoms with Gasteiger partial charge in [0.15, 0.2) is 17.5 Å². The Morgan fingerprint density at radius 3 is 1.39 bits per heavy atom. The summed E-state index contributed by atoms with van der Waals surface area (Å²) in [4.78, 5) is 53.3. The summed E-state index contributed by atoms with van der Waals surface area (Å²) in [5, 5.41) is 3.30. The Bertz CT molecular complexity index is 8230. The van der Waals surface area contributed by atoms with E-state index in [2.05, 4.69) is 287 Å². The molecule has 0 bridgehead atoms. The summed E-state index contributed by atoms with van der Waals surface area (Å²) in [7, 11) is 0. The molecule has 0 unspecified atom stereocenters. The zero-order valence-electron chi connectivity index (χ0n) is 70.8. The number of ether oxygens (including phenoxy) is 1. The number of nitrogens with zero attached hydrogens (tertiary/aromatic N) is 14. The number of aromatic nitrogens is 13. The van der Waals surface area contributed by atoms with Gasteiger partial charge in [0.25, 0.3) is 0 Å². The Kier molecular flexibility index (Phi) is 19.8. The van der Waals surface area contributed by atoms with Crippen LogP contribution in [-0.4, -0.2) is 63.5 Å². The molecule has 23 aromatic rings. The van der Waals surface area contributed by atoms with Crippen molar-refractivity contribution in [2.24, 2.45) is 0 Å². The van der Waals surface area contributed by atoms with E-state index in [-0.39, 0.29) is 0 Å². The Morgan fingerprint density at radius 2 is 0.705 bits per heavy atom. The first-order valence-corrected chi connectivity index (χ1v) is 44.5. The zero-order chi connectivity index (χ0) is 87.4. The van der Waals surface area contributed by atoms with E-state index in [0.29, 0.717) is 23.4 Å². The summed E-state index contributed by atoms with van der Waals surface area (Å²) in [6.45, 7) is 0. The molecule has 620 valence electrons. The van der Waals surface area contributed by atoms with Crippen LogP contribution in [0.25, 0.3) is 197 Å². The minimum atomic E-state index is 0.581. The fourth-order valence-corrected chi connectivity index (χ4v) is 19.6. The number of pyridine rings is 5. The number of fused-ring (bicyclic) bond motifs is 21. The molecule has 15 nitrogen and oxygen atoms in total. The van der Waals surface area contributed by atoms with Gasteiger partial charge in [0.05, 0.1) is 62.3 Å². The molecule has 3 aliphatic rings. The first-order valence-electron chi connectivity index (χ1n) is 43.7. The highest BCUT2D eigenvalue weighted by molar-refractivity contribution is 7.99. The van der Waals surface area contributed by atoms with Crippen LogP contribution < -0.4 is 9.64 Å². The molecule has 13 heterocycles. The number of hydrogen-bond acceptors (Lipinski definition) is 13. The quantitative estimate of drug-likeness (QED) is 0.121. The SMILES string of the molecule is c1ccc(-c2cc(-c3cccc(-n4c5c(c6cccnc64)-c4ccccc4Oc4ccccc4-5)c3)nc(-c3ccccc3)n2)cc1.c1ccc(-c2ccc(N3c4ccccc4-c4c(n(-c5cccc(-c6ccccn6)c5)c5ccncc45)-c4ccccc43)cc2)nc1.c1ccc(-c2nc(-c3ccccc3)nc(-n3c4c(c5ccccc53)-c3cnccc3Sc3ccccc3-4)n2)cc1. The van der Waals surface area contributed by atoms with Crippen LogP contribution in [-0.2, 0) is 0 Å². The fraction of sp³-hybridized carbons (Fsp3) is 0. The van der Waals surface area contributed by atoms with E-state index in [1.54, 1.807) is 11.8 Å². The van der Waals surface area contributed by atoms with Crippen LogP contribution in [0, 0.1) is 0 Å². The van der Waals surface area contributed by atoms with E-state index in [9.17, 15) is 0 Å². The van der Waals surface area contributed by atoms with Gasteiger partial charge in [-0.3, -0.25) is 29.1 Å². The molecule has 16 heteroatoms. The Morgan fingerprint density at radius 1 is 0.242 bits per heavy atom. The second-order valence-electron chi connectivity index (χ2n) is 32.2. The fourth-order valence-electron chi connectivity index (χ4n) is 18.5. The molecule has 132 heavy (non-hydrogen) atoms. The van der Waals surface area contributed by atoms with E-state index in [1.807, 2.05) is 201 Å². The average molecular weight is 1710 g/mol. The molecule has 0 saturated heterocycles. The molecule has 0 aliphatic carbocycles. The summed E-state index contributed by atoms with van der Waals surface area (Å²) in [5.74, 6) is 4.17. The van der Waals surface area contributed by atoms with E-state index in [4.69, 9.17) is 34.6 Å². The van der Waals surface area contributed by atoms with Crippen molar-refractivity contribution >= 4 is 61.7 Å². The van der Waals surface area contributed by atoms with Crippen molar-refractivity contribution in [2.45, 2.75) is 9.79 Å². The smallest absolute Gasteiger partial charge is 0.238 e. The number of para-hydroxylation sites is 5. The van der Waals surface area contributed by atoms with Crippen LogP contribution in [0.15, 0.2) is 460 Å². The summed E-state index contributed by atoms with van der Waals surface area (Å²) in [6, 6.07) is 140. The molecular formula is C116H74N14OS. The lowest BCUT2D eigenvalue weighted by Gasteiger charge is -2.27. The Balaban J connectivity index is 0.000000110. The number of benzene rings is 13. The van der Waals surface area contributed by atoms with Crippen LogP contribution in [0.2, 0.25) is 0 Å². The number of anilines is 3. The largest absolute Gasteiger partial charge is 0.456 e. The van der Waals surface area contributed by atoms with E-state index in [1.165, 1.54) is 15.4 Å². The van der Waals surface area contributed by atoms with Gasteiger partial charge >= 0.3 is 0 Å². The zero-order valence-corrected chi connectivity index (χ0v) is 71.6. The maximum atomic E-state index is 6.54. The van der Waals surface area contributed by atoms with Gasteiger partial charge in [0.2, 0.25) is 5.95 Å². The maximum Gasteiger partial charge on any atom is 0.238 e. The summed E-state index contributed by atoms with van der Waals surface area (Å²) in [6.07, 6.45) is 13.3. The van der Waals surface area contributed by atoms with Crippen LogP contribution >= 0.6 is 11.8 Å². The van der Waals surface area contributed by atoms with Crippen LogP contribution in [0.1, 0.15) is 0 Å². The van der Waals surface area contributed by atoms with Gasteiger partial charge in [-0.15, -0.1) is 0 Å². The van der Waals surface area contributed by atoms with Crippen molar-refractivity contribution in [3.05, 3.63) is 450 Å². The van der Waals surface area contributed by atoms with Crippen molar-refractivity contribution in [1.82, 2.24) is 63.5 Å². The minimum absolute atomic E-state index is 0.581. The number of hydrogen-bond donors (Lipinski definition) is 0. The molecule has 26 rings (SSSR count). The standard InChI is InChI=1S/C41H27N5.C41H26N4O.C34H21N5S/c1-3-16-37-32(12-1)40-34-27-42-25-22-39(34)46(31-11-9-10-29(26-31)36-15-6-8-24-44-36)41(40)33-13-2-4-17-38(33)45(37)30-20-18-28(19-21-30)35-14-5-7-23-43-35;1-3-13-27(14-4-1)34-26-35(44-40(43-34)28-15-5-2-6-16-28)29-17-11-18-30(25-29)45-39-32-20-8-10-23-37(32)46-36-22-9-7-19-31(36)38(39)33-21-12-24-42-41(33)45;1-3-11-22(12-4-1)32-36-33(23-13-5-2-6-14-23)38-34(37-32)39-27-17-9-7-15-24(27)30-26-21-35-20-19-29(26)40-28-18-10-8-16-25(28)31(30)39/h1-27H;1-26H;1-21H. The number of rotatable bonds is 11. The van der Waals surface area contributed by atoms with Crippen molar-refractivity contribution in [3.63, 3.8) is 0 Å². The second-order valence-corrected chi connectivity index (χ2v) is 33.3. The molecule has 0 saturated carbocycles. The second kappa shape index (κ2) is 33.6.